The molecule has 16 heteroatoms. The van der Waals surface area contributed by atoms with E-state index < -0.39 is 50.4 Å². The van der Waals surface area contributed by atoms with E-state index >= 15 is 0 Å². The van der Waals surface area contributed by atoms with E-state index in [0.717, 1.165) is 10.8 Å². The Hall–Kier alpha value is -3.85. The molecule has 0 saturated carbocycles. The molecule has 0 radical (unpaired) electrons. The van der Waals surface area contributed by atoms with Crippen LogP contribution in [-0.4, -0.2) is 79.9 Å². The summed E-state index contributed by atoms with van der Waals surface area (Å²) in [5, 5.41) is 26.9. The van der Waals surface area contributed by atoms with Crippen molar-refractivity contribution in [2.45, 2.75) is 64.7 Å². The normalized spacial score (nSPS) is 23.7. The van der Waals surface area contributed by atoms with Crippen molar-refractivity contribution in [1.82, 2.24) is 24.6 Å². The van der Waals surface area contributed by atoms with Crippen LogP contribution in [0.2, 0.25) is 0 Å². The van der Waals surface area contributed by atoms with Gasteiger partial charge in [-0.3, -0.25) is 13.9 Å². The van der Waals surface area contributed by atoms with Crippen LogP contribution in [0.4, 0.5) is 5.95 Å². The van der Waals surface area contributed by atoms with Gasteiger partial charge in [0.2, 0.25) is 11.8 Å². The van der Waals surface area contributed by atoms with Crippen LogP contribution in [0.25, 0.3) is 21.9 Å². The largest absolute Gasteiger partial charge is 0.479 e. The standard InChI is InChI=1S/C30H39N6O9P/c1-17(26(38)42-15-29(2,3)4)35-46(40,45-20-12-11-18-9-7-8-10-19(18)13-20)43-14-21-23(37)30(5,39)27(44-21)36-16-32-22-24(36)33-28(31)34-25(22)41-6/h7-13,16-17,21,23,27,37,39H,14-15H2,1-6H3,(H,35,40)(H2,31,33,34). The van der Waals surface area contributed by atoms with E-state index in [-0.39, 0.29) is 40.8 Å². The number of aliphatic hydroxyl groups is 2. The maximum Gasteiger partial charge on any atom is 0.459 e. The molecule has 248 valence electrons. The number of esters is 1. The van der Waals surface area contributed by atoms with E-state index in [0.29, 0.717) is 0 Å². The molecule has 1 fully saturated rings. The van der Waals surface area contributed by atoms with Crippen LogP contribution in [0.1, 0.15) is 40.8 Å². The van der Waals surface area contributed by atoms with Crippen molar-refractivity contribution < 1.29 is 42.8 Å². The molecule has 1 saturated heterocycles. The van der Waals surface area contributed by atoms with Crippen LogP contribution in [-0.2, 0) is 23.4 Å². The Morgan fingerprint density at radius 3 is 2.63 bits per heavy atom. The Morgan fingerprint density at radius 1 is 1.22 bits per heavy atom. The second kappa shape index (κ2) is 12.7. The lowest BCUT2D eigenvalue weighted by Gasteiger charge is -2.27. The number of methoxy groups -OCH3 is 1. The van der Waals surface area contributed by atoms with Crippen LogP contribution < -0.4 is 20.1 Å². The van der Waals surface area contributed by atoms with Crippen molar-refractivity contribution in [3.63, 3.8) is 0 Å². The van der Waals surface area contributed by atoms with Gasteiger partial charge in [0.15, 0.2) is 17.4 Å². The first-order valence-electron chi connectivity index (χ1n) is 14.6. The summed E-state index contributed by atoms with van der Waals surface area (Å²) in [6.45, 7) is 8.20. The van der Waals surface area contributed by atoms with Crippen molar-refractivity contribution in [1.29, 1.82) is 0 Å². The molecular weight excluding hydrogens is 619 g/mol. The summed E-state index contributed by atoms with van der Waals surface area (Å²) < 4.78 is 44.0. The SMILES string of the molecule is COc1nc(N)nc2c1ncn2C1OC(COP(=O)(NC(C)C(=O)OCC(C)(C)C)Oc2ccc3ccccc3c2)C(O)C1(C)O. The number of nitrogens with two attached hydrogens (primary N) is 1. The minimum atomic E-state index is -4.35. The van der Waals surface area contributed by atoms with Crippen LogP contribution in [0, 0.1) is 5.41 Å². The van der Waals surface area contributed by atoms with Gasteiger partial charge in [0.05, 0.1) is 26.7 Å². The molecule has 6 unspecified atom stereocenters. The third kappa shape index (κ3) is 7.09. The number of fused-ring (bicyclic) bond motifs is 2. The predicted molar refractivity (Wildman–Crippen MR) is 168 cm³/mol. The van der Waals surface area contributed by atoms with Crippen molar-refractivity contribution >= 4 is 41.6 Å². The maximum atomic E-state index is 14.2. The van der Waals surface area contributed by atoms with E-state index in [1.54, 1.807) is 18.2 Å². The molecule has 5 rings (SSSR count). The molecule has 0 bridgehead atoms. The number of nitrogens with one attached hydrogen (secondary N) is 1. The number of hydrogen-bond acceptors (Lipinski definition) is 13. The summed E-state index contributed by atoms with van der Waals surface area (Å²) in [5.41, 5.74) is 4.11. The van der Waals surface area contributed by atoms with Gasteiger partial charge in [-0.15, -0.1) is 0 Å². The number of nitrogens with zero attached hydrogens (tertiary/aromatic N) is 4. The molecule has 1 aliphatic heterocycles. The number of imidazole rings is 1. The fourth-order valence-electron chi connectivity index (χ4n) is 4.93. The zero-order chi connectivity index (χ0) is 33.4. The van der Waals surface area contributed by atoms with Gasteiger partial charge in [0.1, 0.15) is 29.6 Å². The van der Waals surface area contributed by atoms with Crippen LogP contribution in [0.3, 0.4) is 0 Å². The van der Waals surface area contributed by atoms with Gasteiger partial charge in [-0.25, -0.2) is 9.55 Å². The Bertz CT molecular complexity index is 1770. The molecule has 2 aromatic heterocycles. The minimum absolute atomic E-state index is 0.0998. The molecule has 4 aromatic rings. The summed E-state index contributed by atoms with van der Waals surface area (Å²) >= 11 is 0. The summed E-state index contributed by atoms with van der Waals surface area (Å²) in [7, 11) is -2.95. The van der Waals surface area contributed by atoms with Crippen molar-refractivity contribution in [2.24, 2.45) is 5.41 Å². The Morgan fingerprint density at radius 2 is 1.93 bits per heavy atom. The maximum absolute atomic E-state index is 14.2. The summed E-state index contributed by atoms with van der Waals surface area (Å²) in [6, 6.07) is 11.5. The van der Waals surface area contributed by atoms with Gasteiger partial charge < -0.3 is 34.7 Å². The number of carbonyl (C=O) groups excluding carboxylic acids is 1. The molecule has 3 heterocycles. The van der Waals surface area contributed by atoms with E-state index in [2.05, 4.69) is 20.0 Å². The van der Waals surface area contributed by atoms with Gasteiger partial charge in [0.25, 0.3) is 0 Å². The second-order valence-corrected chi connectivity index (χ2v) is 14.2. The van der Waals surface area contributed by atoms with E-state index in [9.17, 15) is 19.6 Å². The Balaban J connectivity index is 1.38. The lowest BCUT2D eigenvalue weighted by Crippen LogP contribution is -2.44. The molecule has 6 atom stereocenters. The zero-order valence-electron chi connectivity index (χ0n) is 26.4. The second-order valence-electron chi connectivity index (χ2n) is 12.5. The van der Waals surface area contributed by atoms with Gasteiger partial charge in [0, 0.05) is 0 Å². The van der Waals surface area contributed by atoms with Gasteiger partial charge >= 0.3 is 13.7 Å². The smallest absolute Gasteiger partial charge is 0.459 e. The summed E-state index contributed by atoms with van der Waals surface area (Å²) in [5.74, 6) is -0.437. The first kappa shape index (κ1) is 33.5. The number of hydrogen-bond donors (Lipinski definition) is 4. The average Bonchev–Trinajstić information content (AvgIpc) is 3.50. The highest BCUT2D eigenvalue weighted by Crippen LogP contribution is 2.47. The third-order valence-corrected chi connectivity index (χ3v) is 8.96. The van der Waals surface area contributed by atoms with Crippen molar-refractivity contribution in [3.8, 4) is 11.6 Å². The van der Waals surface area contributed by atoms with E-state index in [4.69, 9.17) is 29.0 Å². The van der Waals surface area contributed by atoms with Gasteiger partial charge in [-0.1, -0.05) is 51.1 Å². The molecule has 1 aliphatic rings. The monoisotopic (exact) mass is 658 g/mol. The fraction of sp³-hybridized carbons (Fsp3) is 0.467. The highest BCUT2D eigenvalue weighted by Gasteiger charge is 2.54. The third-order valence-electron chi connectivity index (χ3n) is 7.32. The number of nitrogen functional groups attached to an aromatic ring is 1. The molecule has 0 spiro atoms. The van der Waals surface area contributed by atoms with Crippen LogP contribution >= 0.6 is 7.75 Å². The van der Waals surface area contributed by atoms with Crippen LogP contribution in [0.5, 0.6) is 11.6 Å². The quantitative estimate of drug-likeness (QED) is 0.135. The highest BCUT2D eigenvalue weighted by molar-refractivity contribution is 7.52. The van der Waals surface area contributed by atoms with Crippen LogP contribution in [0.15, 0.2) is 48.8 Å². The molecule has 0 amide bonds. The number of carbonyl (C=O) groups is 1. The molecule has 0 aliphatic carbocycles. The highest BCUT2D eigenvalue weighted by atomic mass is 31.2. The topological polar surface area (TPSA) is 202 Å². The summed E-state index contributed by atoms with van der Waals surface area (Å²) in [4.78, 5) is 25.3. The number of anilines is 1. The number of aromatic nitrogens is 4. The average molecular weight is 659 g/mol. The molecule has 46 heavy (non-hydrogen) atoms. The molecule has 2 aromatic carbocycles. The van der Waals surface area contributed by atoms with Gasteiger partial charge in [-0.2, -0.15) is 15.1 Å². The fourth-order valence-corrected chi connectivity index (χ4v) is 6.42. The van der Waals surface area contributed by atoms with E-state index in [1.807, 2.05) is 45.0 Å². The number of aliphatic hydroxyl groups excluding tert-OH is 1. The number of benzene rings is 2. The first-order chi connectivity index (χ1) is 21.6. The molecule has 5 N–H and O–H groups in total. The Kier molecular flexibility index (Phi) is 9.28. The van der Waals surface area contributed by atoms with Crippen molar-refractivity contribution in [3.05, 3.63) is 48.8 Å². The van der Waals surface area contributed by atoms with E-state index in [1.165, 1.54) is 31.9 Å². The number of ether oxygens (including phenoxy) is 3. The molecular formula is C30H39N6O9P. The minimum Gasteiger partial charge on any atom is -0.479 e. The molecule has 15 nitrogen and oxygen atoms in total. The van der Waals surface area contributed by atoms with Gasteiger partial charge in [-0.05, 0) is 42.2 Å². The van der Waals surface area contributed by atoms with Crippen molar-refractivity contribution in [2.75, 3.05) is 26.1 Å². The summed E-state index contributed by atoms with van der Waals surface area (Å²) in [6.07, 6.45) is -2.62. The zero-order valence-corrected chi connectivity index (χ0v) is 27.3. The Labute approximate surface area is 265 Å². The number of rotatable bonds is 11. The predicted octanol–water partition coefficient (Wildman–Crippen LogP) is 3.35. The lowest BCUT2D eigenvalue weighted by atomic mass is 9.96. The first-order valence-corrected chi connectivity index (χ1v) is 16.1. The lowest BCUT2D eigenvalue weighted by molar-refractivity contribution is -0.148.